The van der Waals surface area contributed by atoms with Crippen LogP contribution < -0.4 is 5.73 Å². The number of thiocarbonyl (C=S) groups is 1. The van der Waals surface area contributed by atoms with E-state index >= 15 is 0 Å². The fraction of sp³-hybridized carbons (Fsp3) is 0.818. The molecule has 0 aliphatic rings. The summed E-state index contributed by atoms with van der Waals surface area (Å²) in [7, 11) is 5.59. The number of rotatable bonds is 7. The molecule has 1 amide bonds. The van der Waals surface area contributed by atoms with Gasteiger partial charge in [0.15, 0.2) is 0 Å². The zero-order chi connectivity index (χ0) is 12.7. The maximum absolute atomic E-state index is 11.3. The molecule has 0 spiro atoms. The number of carbonyl (C=O) groups excluding carboxylic acids is 1. The third kappa shape index (κ3) is 6.74. The van der Waals surface area contributed by atoms with Gasteiger partial charge in [0.25, 0.3) is 0 Å². The molecule has 4 nitrogen and oxygen atoms in total. The minimum Gasteiger partial charge on any atom is -0.393 e. The van der Waals surface area contributed by atoms with Gasteiger partial charge in [-0.1, -0.05) is 12.2 Å². The molecule has 0 aromatic heterocycles. The summed E-state index contributed by atoms with van der Waals surface area (Å²) in [4.78, 5) is 15.7. The summed E-state index contributed by atoms with van der Waals surface area (Å²) in [5.41, 5.74) is 5.49. The molecule has 0 saturated heterocycles. The summed E-state index contributed by atoms with van der Waals surface area (Å²) in [5.74, 6) is 0.176. The van der Waals surface area contributed by atoms with E-state index in [1.165, 1.54) is 0 Å². The van der Waals surface area contributed by atoms with Crippen LogP contribution in [-0.2, 0) is 4.79 Å². The van der Waals surface area contributed by atoms with Gasteiger partial charge in [-0.15, -0.1) is 0 Å². The molecule has 0 heterocycles. The average molecular weight is 245 g/mol. The predicted octanol–water partition coefficient (Wildman–Crippen LogP) is 0.851. The van der Waals surface area contributed by atoms with Crippen LogP contribution in [0.15, 0.2) is 0 Å². The second kappa shape index (κ2) is 7.57. The van der Waals surface area contributed by atoms with Crippen LogP contribution in [0.5, 0.6) is 0 Å². The summed E-state index contributed by atoms with van der Waals surface area (Å²) in [6, 6.07) is 0.340. The molecule has 0 radical (unpaired) electrons. The Morgan fingerprint density at radius 3 is 2.38 bits per heavy atom. The van der Waals surface area contributed by atoms with E-state index in [0.29, 0.717) is 17.5 Å². The Kier molecular flexibility index (Phi) is 7.25. The molecule has 0 aliphatic heterocycles. The van der Waals surface area contributed by atoms with Crippen LogP contribution in [0.3, 0.4) is 0 Å². The van der Waals surface area contributed by atoms with Crippen LogP contribution in [0.25, 0.3) is 0 Å². The molecule has 2 N–H and O–H groups in total. The third-order valence-corrected chi connectivity index (χ3v) is 2.82. The lowest BCUT2D eigenvalue weighted by molar-refractivity contribution is -0.128. The number of carbonyl (C=O) groups is 1. The molecule has 0 rings (SSSR count). The summed E-state index contributed by atoms with van der Waals surface area (Å²) < 4.78 is 0. The van der Waals surface area contributed by atoms with E-state index in [1.807, 2.05) is 7.05 Å². The summed E-state index contributed by atoms with van der Waals surface area (Å²) in [6.45, 7) is 2.98. The fourth-order valence-electron chi connectivity index (χ4n) is 1.37. The standard InChI is InChI=1S/C11H23N3OS/c1-9(8-10(12)16)14(4)7-5-6-11(15)13(2)3/h9H,5-8H2,1-4H3,(H2,12,16). The molecular weight excluding hydrogens is 222 g/mol. The molecule has 16 heavy (non-hydrogen) atoms. The zero-order valence-corrected chi connectivity index (χ0v) is 11.5. The van der Waals surface area contributed by atoms with Gasteiger partial charge in [0.05, 0.1) is 4.99 Å². The number of nitrogens with zero attached hydrogens (tertiary/aromatic N) is 2. The average Bonchev–Trinajstić information content (AvgIpc) is 2.15. The molecule has 94 valence electrons. The summed E-state index contributed by atoms with van der Waals surface area (Å²) >= 11 is 4.87. The van der Waals surface area contributed by atoms with Crippen molar-refractivity contribution < 1.29 is 4.79 Å². The molecule has 0 bridgehead atoms. The molecule has 1 unspecified atom stereocenters. The predicted molar refractivity (Wildman–Crippen MR) is 71.4 cm³/mol. The molecule has 0 aliphatic carbocycles. The second-order valence-electron chi connectivity index (χ2n) is 4.39. The van der Waals surface area contributed by atoms with Gasteiger partial charge in [0, 0.05) is 33.0 Å². The summed E-state index contributed by atoms with van der Waals surface area (Å²) in [5, 5.41) is 0. The van der Waals surface area contributed by atoms with Crippen molar-refractivity contribution >= 4 is 23.1 Å². The highest BCUT2D eigenvalue weighted by atomic mass is 32.1. The minimum atomic E-state index is 0.176. The molecule has 0 fully saturated rings. The normalized spacial score (nSPS) is 12.6. The van der Waals surface area contributed by atoms with Crippen molar-refractivity contribution in [3.05, 3.63) is 0 Å². The van der Waals surface area contributed by atoms with Crippen molar-refractivity contribution in [2.75, 3.05) is 27.7 Å². The number of nitrogens with two attached hydrogens (primary N) is 1. The quantitative estimate of drug-likeness (QED) is 0.676. The Hall–Kier alpha value is -0.680. The maximum Gasteiger partial charge on any atom is 0.222 e. The van der Waals surface area contributed by atoms with Crippen LogP contribution in [0.4, 0.5) is 0 Å². The van der Waals surface area contributed by atoms with Gasteiger partial charge in [0.1, 0.15) is 0 Å². The fourth-order valence-corrected chi connectivity index (χ4v) is 1.61. The van der Waals surface area contributed by atoms with Crippen LogP contribution in [0.1, 0.15) is 26.2 Å². The third-order valence-electron chi connectivity index (χ3n) is 2.65. The number of hydrogen-bond donors (Lipinski definition) is 1. The van der Waals surface area contributed by atoms with Gasteiger partial charge < -0.3 is 15.5 Å². The van der Waals surface area contributed by atoms with E-state index in [4.69, 9.17) is 18.0 Å². The largest absolute Gasteiger partial charge is 0.393 e. The van der Waals surface area contributed by atoms with Crippen LogP contribution >= 0.6 is 12.2 Å². The molecular formula is C11H23N3OS. The molecule has 5 heteroatoms. The lowest BCUT2D eigenvalue weighted by atomic mass is 10.2. The first-order valence-electron chi connectivity index (χ1n) is 5.53. The van der Waals surface area contributed by atoms with Gasteiger partial charge >= 0.3 is 0 Å². The first kappa shape index (κ1) is 15.3. The van der Waals surface area contributed by atoms with Gasteiger partial charge in [-0.25, -0.2) is 0 Å². The molecule has 0 aromatic rings. The first-order valence-corrected chi connectivity index (χ1v) is 5.94. The van der Waals surface area contributed by atoms with E-state index in [9.17, 15) is 4.79 Å². The van der Waals surface area contributed by atoms with E-state index in [0.717, 1.165) is 19.4 Å². The van der Waals surface area contributed by atoms with Crippen molar-refractivity contribution in [1.29, 1.82) is 0 Å². The van der Waals surface area contributed by atoms with E-state index in [1.54, 1.807) is 19.0 Å². The van der Waals surface area contributed by atoms with Gasteiger partial charge in [-0.2, -0.15) is 0 Å². The highest BCUT2D eigenvalue weighted by Crippen LogP contribution is 2.04. The van der Waals surface area contributed by atoms with Crippen molar-refractivity contribution in [3.63, 3.8) is 0 Å². The van der Waals surface area contributed by atoms with Crippen molar-refractivity contribution in [3.8, 4) is 0 Å². The minimum absolute atomic E-state index is 0.176. The molecule has 1 atom stereocenters. The first-order chi connectivity index (χ1) is 7.34. The topological polar surface area (TPSA) is 49.6 Å². The van der Waals surface area contributed by atoms with Crippen LogP contribution in [0.2, 0.25) is 0 Å². The van der Waals surface area contributed by atoms with E-state index in [2.05, 4.69) is 11.8 Å². The van der Waals surface area contributed by atoms with E-state index in [-0.39, 0.29) is 5.91 Å². The Bertz CT molecular complexity index is 243. The summed E-state index contributed by atoms with van der Waals surface area (Å²) in [6.07, 6.45) is 2.19. The number of amides is 1. The Morgan fingerprint density at radius 1 is 1.38 bits per heavy atom. The van der Waals surface area contributed by atoms with Gasteiger partial charge in [-0.05, 0) is 26.9 Å². The highest BCUT2D eigenvalue weighted by molar-refractivity contribution is 7.80. The Morgan fingerprint density at radius 2 is 1.94 bits per heavy atom. The van der Waals surface area contributed by atoms with Crippen molar-refractivity contribution in [2.45, 2.75) is 32.2 Å². The van der Waals surface area contributed by atoms with Gasteiger partial charge in [-0.3, -0.25) is 4.79 Å². The lowest BCUT2D eigenvalue weighted by Crippen LogP contribution is -2.33. The highest BCUT2D eigenvalue weighted by Gasteiger charge is 2.11. The Balaban J connectivity index is 3.76. The smallest absolute Gasteiger partial charge is 0.222 e. The second-order valence-corrected chi connectivity index (χ2v) is 4.92. The SMILES string of the molecule is CC(CC(N)=S)N(C)CCCC(=O)N(C)C. The van der Waals surface area contributed by atoms with Crippen LogP contribution in [-0.4, -0.2) is 54.4 Å². The number of hydrogen-bond acceptors (Lipinski definition) is 3. The van der Waals surface area contributed by atoms with Crippen LogP contribution in [0, 0.1) is 0 Å². The van der Waals surface area contributed by atoms with E-state index < -0.39 is 0 Å². The van der Waals surface area contributed by atoms with Crippen molar-refractivity contribution in [1.82, 2.24) is 9.80 Å². The van der Waals surface area contributed by atoms with Crippen molar-refractivity contribution in [2.24, 2.45) is 5.73 Å². The molecule has 0 aromatic carbocycles. The zero-order valence-electron chi connectivity index (χ0n) is 10.7. The molecule has 0 saturated carbocycles. The van der Waals surface area contributed by atoms with Gasteiger partial charge in [0.2, 0.25) is 5.91 Å². The monoisotopic (exact) mass is 245 g/mol. The lowest BCUT2D eigenvalue weighted by Gasteiger charge is -2.24. The Labute approximate surface area is 104 Å². The maximum atomic E-state index is 11.3.